The number of carbonyl (C=O) groups is 3. The van der Waals surface area contributed by atoms with Gasteiger partial charge in [-0.25, -0.2) is 4.79 Å². The smallest absolute Gasteiger partial charge is 0.410 e. The van der Waals surface area contributed by atoms with Gasteiger partial charge < -0.3 is 15.0 Å². The quantitative estimate of drug-likeness (QED) is 0.810. The third-order valence-corrected chi connectivity index (χ3v) is 4.88. The number of nitrogens with zero attached hydrogens (tertiary/aromatic N) is 2. The van der Waals surface area contributed by atoms with Gasteiger partial charge in [0.15, 0.2) is 0 Å². The van der Waals surface area contributed by atoms with Gasteiger partial charge in [0.1, 0.15) is 17.7 Å². The van der Waals surface area contributed by atoms with Crippen LogP contribution < -0.4 is 5.32 Å². The Hall–Kier alpha value is -1.79. The molecule has 1 N–H and O–H groups in total. The monoisotopic (exact) mass is 383 g/mol. The first-order chi connectivity index (χ1) is 12.1. The summed E-state index contributed by atoms with van der Waals surface area (Å²) in [5.74, 6) is -0.434. The molecule has 3 atom stereocenters. The highest BCUT2D eigenvalue weighted by Gasteiger charge is 2.39. The zero-order chi connectivity index (χ0) is 21.2. The molecule has 0 saturated carbocycles. The second-order valence-electron chi connectivity index (χ2n) is 9.60. The van der Waals surface area contributed by atoms with E-state index in [4.69, 9.17) is 4.74 Å². The van der Waals surface area contributed by atoms with Crippen LogP contribution in [-0.4, -0.2) is 65.0 Å². The molecule has 0 aromatic rings. The van der Waals surface area contributed by atoms with Gasteiger partial charge in [-0.3, -0.25) is 14.5 Å². The normalized spacial score (nSPS) is 20.0. The van der Waals surface area contributed by atoms with Crippen molar-refractivity contribution in [3.8, 4) is 0 Å². The van der Waals surface area contributed by atoms with Crippen molar-refractivity contribution in [3.63, 3.8) is 0 Å². The number of hydrogen-bond acceptors (Lipinski definition) is 4. The Morgan fingerprint density at radius 3 is 2.11 bits per heavy atom. The highest BCUT2D eigenvalue weighted by atomic mass is 16.6. The number of hydrogen-bond donors (Lipinski definition) is 1. The molecule has 27 heavy (non-hydrogen) atoms. The lowest BCUT2D eigenvalue weighted by atomic mass is 9.85. The fourth-order valence-corrected chi connectivity index (χ4v) is 3.01. The average molecular weight is 384 g/mol. The van der Waals surface area contributed by atoms with Crippen molar-refractivity contribution in [1.82, 2.24) is 15.1 Å². The van der Waals surface area contributed by atoms with Crippen molar-refractivity contribution in [2.75, 3.05) is 13.6 Å². The molecule has 0 radical (unpaired) electrons. The van der Waals surface area contributed by atoms with E-state index in [-0.39, 0.29) is 17.9 Å². The van der Waals surface area contributed by atoms with Crippen molar-refractivity contribution in [3.05, 3.63) is 0 Å². The lowest BCUT2D eigenvalue weighted by Crippen LogP contribution is -2.58. The molecule has 1 aliphatic rings. The third kappa shape index (κ3) is 6.40. The van der Waals surface area contributed by atoms with Gasteiger partial charge in [-0.1, -0.05) is 20.8 Å². The molecule has 0 aromatic carbocycles. The molecule has 1 saturated heterocycles. The van der Waals surface area contributed by atoms with Gasteiger partial charge in [0, 0.05) is 19.6 Å². The van der Waals surface area contributed by atoms with Gasteiger partial charge in [-0.15, -0.1) is 0 Å². The van der Waals surface area contributed by atoms with Crippen LogP contribution in [0.25, 0.3) is 0 Å². The number of ether oxygens (including phenoxy) is 1. The van der Waals surface area contributed by atoms with Crippen LogP contribution in [0.5, 0.6) is 0 Å². The van der Waals surface area contributed by atoms with E-state index in [0.29, 0.717) is 0 Å². The van der Waals surface area contributed by atoms with Crippen molar-refractivity contribution in [2.45, 2.75) is 92.0 Å². The number of amides is 3. The third-order valence-electron chi connectivity index (χ3n) is 4.88. The van der Waals surface area contributed by atoms with Crippen LogP contribution >= 0.6 is 0 Å². The summed E-state index contributed by atoms with van der Waals surface area (Å²) < 4.78 is 5.32. The molecule has 0 bridgehead atoms. The predicted molar refractivity (Wildman–Crippen MR) is 105 cm³/mol. The molecule has 1 rings (SSSR count). The van der Waals surface area contributed by atoms with E-state index in [0.717, 1.165) is 19.4 Å². The maximum Gasteiger partial charge on any atom is 0.410 e. The van der Waals surface area contributed by atoms with Gasteiger partial charge in [0.25, 0.3) is 0 Å². The van der Waals surface area contributed by atoms with Crippen molar-refractivity contribution < 1.29 is 19.1 Å². The zero-order valence-corrected chi connectivity index (χ0v) is 18.4. The number of likely N-dealkylation sites (N-methyl/N-ethyl adjacent to an activating group) is 1. The Morgan fingerprint density at radius 1 is 1.15 bits per heavy atom. The van der Waals surface area contributed by atoms with Crippen LogP contribution in [0.1, 0.15) is 68.2 Å². The Morgan fingerprint density at radius 2 is 1.70 bits per heavy atom. The summed E-state index contributed by atoms with van der Waals surface area (Å²) in [4.78, 5) is 41.2. The maximum absolute atomic E-state index is 13.1. The Balaban J connectivity index is 2.87. The Labute approximate surface area is 163 Å². The Bertz CT molecular complexity index is 563. The zero-order valence-electron chi connectivity index (χ0n) is 18.4. The van der Waals surface area contributed by atoms with Crippen LogP contribution in [0.15, 0.2) is 0 Å². The van der Waals surface area contributed by atoms with E-state index in [9.17, 15) is 14.4 Å². The lowest BCUT2D eigenvalue weighted by molar-refractivity contribution is -0.140. The van der Waals surface area contributed by atoms with Crippen molar-refractivity contribution in [1.29, 1.82) is 0 Å². The fraction of sp³-hybridized carbons (Fsp3) is 0.850. The highest BCUT2D eigenvalue weighted by molar-refractivity contribution is 5.91. The summed E-state index contributed by atoms with van der Waals surface area (Å²) in [5, 5.41) is 2.87. The van der Waals surface area contributed by atoms with Gasteiger partial charge in [0.05, 0.1) is 0 Å². The first-order valence-electron chi connectivity index (χ1n) is 9.72. The predicted octanol–water partition coefficient (Wildman–Crippen LogP) is 2.78. The second-order valence-corrected chi connectivity index (χ2v) is 9.60. The van der Waals surface area contributed by atoms with Crippen LogP contribution in [0, 0.1) is 5.41 Å². The first kappa shape index (κ1) is 23.2. The van der Waals surface area contributed by atoms with E-state index < -0.39 is 29.2 Å². The number of carbonyl (C=O) groups excluding carboxylic acids is 3. The summed E-state index contributed by atoms with van der Waals surface area (Å²) in [6.07, 6.45) is 1.39. The second kappa shape index (κ2) is 8.48. The minimum atomic E-state index is -0.756. The minimum absolute atomic E-state index is 0.0621. The molecular formula is C20H37N3O4. The van der Waals surface area contributed by atoms with E-state index >= 15 is 0 Å². The molecule has 3 amide bonds. The largest absolute Gasteiger partial charge is 0.444 e. The summed E-state index contributed by atoms with van der Waals surface area (Å²) in [7, 11) is 1.52. The van der Waals surface area contributed by atoms with Gasteiger partial charge in [0.2, 0.25) is 11.8 Å². The molecule has 0 aromatic heterocycles. The molecule has 7 heteroatoms. The van der Waals surface area contributed by atoms with Crippen molar-refractivity contribution >= 4 is 17.9 Å². The molecule has 1 heterocycles. The van der Waals surface area contributed by atoms with Crippen LogP contribution in [0.2, 0.25) is 0 Å². The van der Waals surface area contributed by atoms with E-state index in [1.54, 1.807) is 27.7 Å². The lowest BCUT2D eigenvalue weighted by Gasteiger charge is -2.36. The van der Waals surface area contributed by atoms with Gasteiger partial charge in [-0.2, -0.15) is 0 Å². The topological polar surface area (TPSA) is 79.0 Å². The minimum Gasteiger partial charge on any atom is -0.444 e. The maximum atomic E-state index is 13.1. The summed E-state index contributed by atoms with van der Waals surface area (Å²) in [6.45, 7) is 15.5. The molecule has 1 fully saturated rings. The summed E-state index contributed by atoms with van der Waals surface area (Å²) in [5.41, 5.74) is -1.09. The molecule has 0 aliphatic carbocycles. The average Bonchev–Trinajstić information content (AvgIpc) is 2.93. The first-order valence-corrected chi connectivity index (χ1v) is 9.72. The summed E-state index contributed by atoms with van der Waals surface area (Å²) >= 11 is 0. The molecule has 156 valence electrons. The van der Waals surface area contributed by atoms with E-state index in [1.165, 1.54) is 11.9 Å². The van der Waals surface area contributed by atoms with Crippen LogP contribution in [0.4, 0.5) is 4.79 Å². The molecule has 7 nitrogen and oxygen atoms in total. The molecule has 0 spiro atoms. The standard InChI is InChI=1S/C20H37N3O4/c1-13-11-10-12-23(13)17(25)15(19(3,4)5)21-16(24)14(2)22(9)18(26)27-20(6,7)8/h13-15H,10-12H2,1-9H3,(H,21,24)/t13-,14+,15-/m1/s1. The number of rotatable bonds is 4. The van der Waals surface area contributed by atoms with Crippen LogP contribution in [-0.2, 0) is 14.3 Å². The summed E-state index contributed by atoms with van der Waals surface area (Å²) in [6, 6.07) is -1.23. The SMILES string of the molecule is C[C@@H]1CCCN1C(=O)[C@@H](NC(=O)[C@H](C)N(C)C(=O)OC(C)(C)C)C(C)(C)C. The van der Waals surface area contributed by atoms with Crippen LogP contribution in [0.3, 0.4) is 0 Å². The molecule has 0 unspecified atom stereocenters. The van der Waals surface area contributed by atoms with Gasteiger partial charge in [-0.05, 0) is 52.9 Å². The Kier molecular flexibility index (Phi) is 7.30. The molecule has 1 aliphatic heterocycles. The molecular weight excluding hydrogens is 346 g/mol. The van der Waals surface area contributed by atoms with Crippen molar-refractivity contribution in [2.24, 2.45) is 5.41 Å². The van der Waals surface area contributed by atoms with E-state index in [2.05, 4.69) is 5.32 Å². The number of likely N-dealkylation sites (tertiary alicyclic amines) is 1. The number of nitrogens with one attached hydrogen (secondary N) is 1. The van der Waals surface area contributed by atoms with E-state index in [1.807, 2.05) is 32.6 Å². The fourth-order valence-electron chi connectivity index (χ4n) is 3.01. The van der Waals surface area contributed by atoms with Gasteiger partial charge >= 0.3 is 6.09 Å². The highest BCUT2D eigenvalue weighted by Crippen LogP contribution is 2.25.